The quantitative estimate of drug-likeness (QED) is 0.120. The third-order valence-corrected chi connectivity index (χ3v) is 12.0. The molecule has 0 fully saturated rings. The Morgan fingerprint density at radius 3 is 1.96 bits per heavy atom. The Bertz CT molecular complexity index is 3480. The number of ether oxygens (including phenoxy) is 1. The van der Waals surface area contributed by atoms with Crippen LogP contribution in [0.5, 0.6) is 11.5 Å². The molecule has 0 aliphatic carbocycles. The van der Waals surface area contributed by atoms with Gasteiger partial charge in [-0.2, -0.15) is 18.1 Å². The summed E-state index contributed by atoms with van der Waals surface area (Å²) in [5.74, 6) is 2.92. The third kappa shape index (κ3) is 2.34. The van der Waals surface area contributed by atoms with Crippen molar-refractivity contribution in [1.82, 2.24) is 8.97 Å². The average Bonchev–Trinajstić information content (AvgIpc) is 3.73. The van der Waals surface area contributed by atoms with Gasteiger partial charge in [-0.25, -0.2) is 0 Å². The van der Waals surface area contributed by atoms with Crippen LogP contribution in [0.3, 0.4) is 0 Å². The largest absolute Gasteiger partial charge is 0.456 e. The first-order valence-corrected chi connectivity index (χ1v) is 17.3. The van der Waals surface area contributed by atoms with Gasteiger partial charge in [-0.3, -0.25) is 0 Å². The zero-order valence-electron chi connectivity index (χ0n) is 26.6. The van der Waals surface area contributed by atoms with Crippen LogP contribution in [0.4, 0.5) is 0 Å². The summed E-state index contributed by atoms with van der Waals surface area (Å²) in [4.78, 5) is 0. The summed E-state index contributed by atoms with van der Waals surface area (Å²) in [6.07, 6.45) is 4.56. The van der Waals surface area contributed by atoms with Crippen molar-refractivity contribution in [3.8, 4) is 17.3 Å². The van der Waals surface area contributed by atoms with Gasteiger partial charge in [0.2, 0.25) is 0 Å². The summed E-state index contributed by atoms with van der Waals surface area (Å²) in [6.45, 7) is 0. The van der Waals surface area contributed by atoms with Gasteiger partial charge in [-0.05, 0) is 76.1 Å². The molecule has 50 heavy (non-hydrogen) atoms. The van der Waals surface area contributed by atoms with Gasteiger partial charge in [0.25, 0.3) is 11.5 Å². The van der Waals surface area contributed by atoms with E-state index in [1.165, 1.54) is 92.7 Å². The van der Waals surface area contributed by atoms with Gasteiger partial charge in [0.05, 0.1) is 17.8 Å². The SMILES string of the molecule is c1cc[n+]2c(c1)-n1c3ccccc3c3ccc4c(c31)C21c2c(ccc3c5c6ccccc6c6ccccc6c5c5cc6ccc[n+]1c6n5c23)O4. The lowest BCUT2D eigenvalue weighted by atomic mass is 9.81. The first-order chi connectivity index (χ1) is 24.8. The van der Waals surface area contributed by atoms with Gasteiger partial charge in [0.1, 0.15) is 33.7 Å². The number of aromatic nitrogens is 4. The van der Waals surface area contributed by atoms with Crippen molar-refractivity contribution in [3.05, 3.63) is 157 Å². The first-order valence-electron chi connectivity index (χ1n) is 17.3. The Kier molecular flexibility index (Phi) is 3.80. The maximum atomic E-state index is 7.10. The maximum absolute atomic E-state index is 7.10. The van der Waals surface area contributed by atoms with E-state index in [0.29, 0.717) is 0 Å². The number of benzene rings is 6. The van der Waals surface area contributed by atoms with E-state index in [1.54, 1.807) is 0 Å². The van der Waals surface area contributed by atoms with E-state index in [0.717, 1.165) is 17.3 Å². The fourth-order valence-corrected chi connectivity index (χ4v) is 10.4. The summed E-state index contributed by atoms with van der Waals surface area (Å²) in [7, 11) is 0. The van der Waals surface area contributed by atoms with Gasteiger partial charge in [0.15, 0.2) is 11.0 Å². The molecule has 0 N–H and O–H groups in total. The molecular weight excluding hydrogens is 613 g/mol. The third-order valence-electron chi connectivity index (χ3n) is 12.0. The van der Waals surface area contributed by atoms with Gasteiger partial charge in [-0.15, -0.1) is 0 Å². The van der Waals surface area contributed by atoms with Crippen LogP contribution in [-0.2, 0) is 5.66 Å². The number of fused-ring (bicyclic) bond motifs is 13. The number of para-hydroxylation sites is 1. The maximum Gasteiger partial charge on any atom is 0.321 e. The molecule has 0 saturated carbocycles. The summed E-state index contributed by atoms with van der Waals surface area (Å²) >= 11 is 0. The lowest BCUT2D eigenvalue weighted by Gasteiger charge is -2.40. The second-order valence-electron chi connectivity index (χ2n) is 14.1. The Labute approximate surface area is 283 Å². The summed E-state index contributed by atoms with van der Waals surface area (Å²) in [5, 5.41) is 12.6. The predicted molar refractivity (Wildman–Crippen MR) is 198 cm³/mol. The Morgan fingerprint density at radius 2 is 1.14 bits per heavy atom. The molecule has 3 aliphatic heterocycles. The van der Waals surface area contributed by atoms with Crippen LogP contribution in [0.25, 0.3) is 87.4 Å². The predicted octanol–water partition coefficient (Wildman–Crippen LogP) is 9.41. The average molecular weight is 637 g/mol. The molecule has 228 valence electrons. The molecule has 8 heterocycles. The summed E-state index contributed by atoms with van der Waals surface area (Å²) in [5.41, 5.74) is 7.63. The van der Waals surface area contributed by atoms with Gasteiger partial charge >= 0.3 is 5.66 Å². The van der Waals surface area contributed by atoms with Crippen molar-refractivity contribution in [2.24, 2.45) is 0 Å². The molecule has 0 radical (unpaired) electrons. The molecule has 14 rings (SSSR count). The topological polar surface area (TPSA) is 26.3 Å². The molecule has 5 heteroatoms. The van der Waals surface area contributed by atoms with Gasteiger partial charge in [0, 0.05) is 39.1 Å². The molecule has 5 aromatic heterocycles. The van der Waals surface area contributed by atoms with E-state index in [2.05, 4.69) is 164 Å². The van der Waals surface area contributed by atoms with E-state index in [9.17, 15) is 0 Å². The molecule has 11 aromatic rings. The molecule has 0 amide bonds. The van der Waals surface area contributed by atoms with Crippen LogP contribution in [-0.4, -0.2) is 8.97 Å². The lowest BCUT2D eigenvalue weighted by molar-refractivity contribution is -0.960. The highest BCUT2D eigenvalue weighted by molar-refractivity contribution is 6.35. The van der Waals surface area contributed by atoms with Crippen LogP contribution >= 0.6 is 0 Å². The highest BCUT2D eigenvalue weighted by atomic mass is 16.5. The Balaban J connectivity index is 1.34. The van der Waals surface area contributed by atoms with Crippen molar-refractivity contribution in [3.63, 3.8) is 0 Å². The molecule has 0 bridgehead atoms. The summed E-state index contributed by atoms with van der Waals surface area (Å²) in [6, 6.07) is 49.2. The van der Waals surface area contributed by atoms with E-state index < -0.39 is 5.66 Å². The number of pyridine rings is 3. The van der Waals surface area contributed by atoms with E-state index in [4.69, 9.17) is 4.74 Å². The molecule has 1 unspecified atom stereocenters. The number of nitrogens with zero attached hydrogens (tertiary/aromatic N) is 4. The fourth-order valence-electron chi connectivity index (χ4n) is 10.4. The monoisotopic (exact) mass is 636 g/mol. The second kappa shape index (κ2) is 7.77. The highest BCUT2D eigenvalue weighted by Gasteiger charge is 2.63. The van der Waals surface area contributed by atoms with Crippen LogP contribution in [0, 0.1) is 0 Å². The van der Waals surface area contributed by atoms with Crippen molar-refractivity contribution in [1.29, 1.82) is 0 Å². The van der Waals surface area contributed by atoms with E-state index in [1.807, 2.05) is 0 Å². The first kappa shape index (κ1) is 24.4. The molecule has 0 saturated heterocycles. The van der Waals surface area contributed by atoms with Crippen molar-refractivity contribution < 1.29 is 13.9 Å². The van der Waals surface area contributed by atoms with Gasteiger partial charge < -0.3 is 4.74 Å². The second-order valence-corrected chi connectivity index (χ2v) is 14.1. The lowest BCUT2D eigenvalue weighted by Crippen LogP contribution is -2.78. The van der Waals surface area contributed by atoms with E-state index in [-0.39, 0.29) is 0 Å². The zero-order chi connectivity index (χ0) is 32.0. The molecule has 3 aliphatic rings. The van der Waals surface area contributed by atoms with Crippen molar-refractivity contribution in [2.75, 3.05) is 0 Å². The van der Waals surface area contributed by atoms with E-state index >= 15 is 0 Å². The molecular formula is C45H24N4O+2. The number of hydrogen-bond donors (Lipinski definition) is 0. The van der Waals surface area contributed by atoms with Crippen LogP contribution in [0.15, 0.2) is 146 Å². The molecule has 5 nitrogen and oxygen atoms in total. The number of rotatable bonds is 0. The summed E-state index contributed by atoms with van der Waals surface area (Å²) < 4.78 is 17.1. The Hall–Kier alpha value is -6.72. The minimum Gasteiger partial charge on any atom is -0.456 e. The Morgan fingerprint density at radius 1 is 0.480 bits per heavy atom. The molecule has 1 atom stereocenters. The van der Waals surface area contributed by atoms with Crippen LogP contribution in [0.2, 0.25) is 0 Å². The smallest absolute Gasteiger partial charge is 0.321 e. The standard InChI is InChI=1S/C45H24N4O/c1-3-14-29-26(11-1)27-12-2-4-15-30(27)39-34-24-25-10-9-23-47-44(25)49(34)43-32(38(29)39)19-21-36-41(43)45(47)40-35(50-36)20-18-31-28-13-5-6-16-33(28)48(42(31)40)37-17-7-8-22-46(37)45/h1-24H/q+2. The molecule has 1 spiro atoms. The zero-order valence-corrected chi connectivity index (χ0v) is 26.6. The molecule has 6 aromatic carbocycles. The fraction of sp³-hybridized carbons (Fsp3) is 0.0222. The van der Waals surface area contributed by atoms with Crippen molar-refractivity contribution >= 4 is 81.6 Å². The highest BCUT2D eigenvalue weighted by Crippen LogP contribution is 2.56. The minimum absolute atomic E-state index is 0.746. The van der Waals surface area contributed by atoms with Crippen LogP contribution in [0.1, 0.15) is 11.1 Å². The number of hydrogen-bond acceptors (Lipinski definition) is 1. The van der Waals surface area contributed by atoms with Gasteiger partial charge in [-0.1, -0.05) is 66.7 Å². The minimum atomic E-state index is -0.746. The van der Waals surface area contributed by atoms with Crippen molar-refractivity contribution in [2.45, 2.75) is 5.66 Å². The normalized spacial score (nSPS) is 16.6. The van der Waals surface area contributed by atoms with Crippen LogP contribution < -0.4 is 13.9 Å².